The number of aromatic nitrogens is 3. The molecule has 0 saturated heterocycles. The van der Waals surface area contributed by atoms with Gasteiger partial charge in [0.1, 0.15) is 6.33 Å². The molecule has 0 aliphatic rings. The number of hydrogen-bond acceptors (Lipinski definition) is 4. The van der Waals surface area contributed by atoms with Crippen LogP contribution in [0.4, 0.5) is 0 Å². The van der Waals surface area contributed by atoms with E-state index in [-0.39, 0.29) is 23.8 Å². The zero-order chi connectivity index (χ0) is 12.0. The molecule has 0 atom stereocenters. The number of nitrogens with zero attached hydrogens (tertiary/aromatic N) is 2. The van der Waals surface area contributed by atoms with E-state index in [0.717, 1.165) is 12.8 Å². The Morgan fingerprint density at radius 3 is 2.69 bits per heavy atom. The fourth-order valence-corrected chi connectivity index (χ4v) is 1.45. The summed E-state index contributed by atoms with van der Waals surface area (Å²) in [6.45, 7) is 4.51. The molecule has 0 spiro atoms. The molecule has 0 saturated carbocycles. The van der Waals surface area contributed by atoms with Crippen LogP contribution in [0.15, 0.2) is 6.33 Å². The van der Waals surface area contributed by atoms with E-state index in [0.29, 0.717) is 6.54 Å². The van der Waals surface area contributed by atoms with Crippen LogP contribution in [0.1, 0.15) is 37.3 Å². The molecule has 1 aromatic heterocycles. The minimum absolute atomic E-state index is 0.0662. The first-order valence-corrected chi connectivity index (χ1v) is 5.42. The molecule has 0 bridgehead atoms. The zero-order valence-corrected chi connectivity index (χ0v) is 9.66. The molecule has 16 heavy (non-hydrogen) atoms. The van der Waals surface area contributed by atoms with Crippen molar-refractivity contribution < 1.29 is 9.90 Å². The van der Waals surface area contributed by atoms with Crippen molar-refractivity contribution in [3.05, 3.63) is 12.2 Å². The number of nitrogens with one attached hydrogen (secondary N) is 2. The van der Waals surface area contributed by atoms with E-state index in [9.17, 15) is 9.90 Å². The Morgan fingerprint density at radius 1 is 1.56 bits per heavy atom. The van der Waals surface area contributed by atoms with Crippen molar-refractivity contribution in [2.24, 2.45) is 5.41 Å². The van der Waals surface area contributed by atoms with Crippen molar-refractivity contribution in [3.63, 3.8) is 0 Å². The van der Waals surface area contributed by atoms with Gasteiger partial charge in [-0.25, -0.2) is 4.98 Å². The third kappa shape index (κ3) is 2.79. The van der Waals surface area contributed by atoms with Gasteiger partial charge in [-0.15, -0.1) is 0 Å². The van der Waals surface area contributed by atoms with Gasteiger partial charge < -0.3 is 10.4 Å². The summed E-state index contributed by atoms with van der Waals surface area (Å²) in [5.74, 6) is -0.101. The highest BCUT2D eigenvalue weighted by Crippen LogP contribution is 2.24. The lowest BCUT2D eigenvalue weighted by atomic mass is 9.83. The van der Waals surface area contributed by atoms with Gasteiger partial charge in [-0.2, -0.15) is 5.10 Å². The van der Waals surface area contributed by atoms with Crippen LogP contribution in [0.5, 0.6) is 0 Å². The minimum atomic E-state index is -0.294. The number of hydrogen-bond donors (Lipinski definition) is 3. The van der Waals surface area contributed by atoms with Gasteiger partial charge in [-0.05, 0) is 12.8 Å². The Kier molecular flexibility index (Phi) is 4.42. The number of amides is 1. The average molecular weight is 226 g/mol. The molecule has 0 aromatic carbocycles. The molecule has 1 amide bonds. The van der Waals surface area contributed by atoms with Crippen LogP contribution in [0.25, 0.3) is 0 Å². The number of rotatable bonds is 6. The van der Waals surface area contributed by atoms with Gasteiger partial charge in [-0.3, -0.25) is 9.89 Å². The quantitative estimate of drug-likeness (QED) is 0.652. The maximum atomic E-state index is 11.6. The largest absolute Gasteiger partial charge is 0.396 e. The Morgan fingerprint density at radius 2 is 2.25 bits per heavy atom. The molecule has 0 unspecified atom stereocenters. The van der Waals surface area contributed by atoms with Crippen LogP contribution in [0, 0.1) is 5.41 Å². The van der Waals surface area contributed by atoms with E-state index < -0.39 is 0 Å². The fourth-order valence-electron chi connectivity index (χ4n) is 1.45. The van der Waals surface area contributed by atoms with Crippen molar-refractivity contribution >= 4 is 5.91 Å². The second kappa shape index (κ2) is 5.60. The topological polar surface area (TPSA) is 90.9 Å². The van der Waals surface area contributed by atoms with Crippen molar-refractivity contribution in [2.45, 2.75) is 26.7 Å². The van der Waals surface area contributed by atoms with E-state index in [1.54, 1.807) is 0 Å². The molecule has 1 aromatic rings. The zero-order valence-electron chi connectivity index (χ0n) is 9.66. The highest BCUT2D eigenvalue weighted by molar-refractivity contribution is 5.90. The molecule has 0 aliphatic carbocycles. The minimum Gasteiger partial charge on any atom is -0.396 e. The van der Waals surface area contributed by atoms with Crippen LogP contribution in [-0.2, 0) is 0 Å². The Balaban J connectivity index is 2.53. The van der Waals surface area contributed by atoms with Gasteiger partial charge in [0.2, 0.25) is 5.82 Å². The van der Waals surface area contributed by atoms with E-state index in [2.05, 4.69) is 20.5 Å². The number of H-pyrrole nitrogens is 1. The molecular formula is C10H18N4O2. The Labute approximate surface area is 94.5 Å². The van der Waals surface area contributed by atoms with Crippen LogP contribution < -0.4 is 5.32 Å². The van der Waals surface area contributed by atoms with E-state index in [1.165, 1.54) is 6.33 Å². The first-order chi connectivity index (χ1) is 7.67. The summed E-state index contributed by atoms with van der Waals surface area (Å²) in [6.07, 6.45) is 2.92. The maximum Gasteiger partial charge on any atom is 0.288 e. The SMILES string of the molecule is CCC(CC)(CO)CNC(=O)c1ncn[nH]1. The second-order valence-corrected chi connectivity index (χ2v) is 3.88. The van der Waals surface area contributed by atoms with Crippen molar-refractivity contribution in [1.82, 2.24) is 20.5 Å². The van der Waals surface area contributed by atoms with Gasteiger partial charge in [0, 0.05) is 12.0 Å². The van der Waals surface area contributed by atoms with Crippen molar-refractivity contribution in [3.8, 4) is 0 Å². The van der Waals surface area contributed by atoms with E-state index >= 15 is 0 Å². The first kappa shape index (κ1) is 12.6. The van der Waals surface area contributed by atoms with Crippen molar-refractivity contribution in [2.75, 3.05) is 13.2 Å². The van der Waals surface area contributed by atoms with Crippen molar-refractivity contribution in [1.29, 1.82) is 0 Å². The number of aliphatic hydroxyl groups is 1. The maximum absolute atomic E-state index is 11.6. The first-order valence-electron chi connectivity index (χ1n) is 5.42. The third-order valence-corrected chi connectivity index (χ3v) is 3.09. The summed E-state index contributed by atoms with van der Waals surface area (Å²) >= 11 is 0. The lowest BCUT2D eigenvalue weighted by Crippen LogP contribution is -2.39. The molecule has 3 N–H and O–H groups in total. The molecule has 90 valence electrons. The molecule has 1 rings (SSSR count). The highest BCUT2D eigenvalue weighted by Gasteiger charge is 2.26. The molecular weight excluding hydrogens is 208 g/mol. The molecule has 0 radical (unpaired) electrons. The number of aliphatic hydroxyl groups excluding tert-OH is 1. The van der Waals surface area contributed by atoms with Crippen LogP contribution >= 0.6 is 0 Å². The van der Waals surface area contributed by atoms with E-state index in [1.807, 2.05) is 13.8 Å². The monoisotopic (exact) mass is 226 g/mol. The summed E-state index contributed by atoms with van der Waals surface area (Å²) in [5.41, 5.74) is -0.240. The molecule has 0 aliphatic heterocycles. The number of carbonyl (C=O) groups excluding carboxylic acids is 1. The molecule has 0 fully saturated rings. The van der Waals surface area contributed by atoms with Gasteiger partial charge in [0.15, 0.2) is 0 Å². The average Bonchev–Trinajstić information content (AvgIpc) is 2.85. The fraction of sp³-hybridized carbons (Fsp3) is 0.700. The molecule has 1 heterocycles. The summed E-state index contributed by atoms with van der Waals surface area (Å²) in [5, 5.41) is 18.2. The Bertz CT molecular complexity index is 311. The second-order valence-electron chi connectivity index (χ2n) is 3.88. The van der Waals surface area contributed by atoms with Crippen LogP contribution in [0.2, 0.25) is 0 Å². The summed E-state index contributed by atoms with van der Waals surface area (Å²) in [6, 6.07) is 0. The third-order valence-electron chi connectivity index (χ3n) is 3.09. The predicted molar refractivity (Wildman–Crippen MR) is 58.8 cm³/mol. The number of aromatic amines is 1. The van der Waals surface area contributed by atoms with E-state index in [4.69, 9.17) is 0 Å². The predicted octanol–water partition coefficient (Wildman–Crippen LogP) is 0.333. The lowest BCUT2D eigenvalue weighted by Gasteiger charge is -2.29. The summed E-state index contributed by atoms with van der Waals surface area (Å²) < 4.78 is 0. The summed E-state index contributed by atoms with van der Waals surface area (Å²) in [7, 11) is 0. The van der Waals surface area contributed by atoms with Crippen LogP contribution in [0.3, 0.4) is 0 Å². The standard InChI is InChI=1S/C10H18N4O2/c1-3-10(4-2,6-15)5-11-9(16)8-12-7-13-14-8/h7,15H,3-6H2,1-2H3,(H,11,16)(H,12,13,14). The normalized spacial score (nSPS) is 11.4. The van der Waals surface area contributed by atoms with Gasteiger partial charge in [0.25, 0.3) is 5.91 Å². The highest BCUT2D eigenvalue weighted by atomic mass is 16.3. The van der Waals surface area contributed by atoms with Gasteiger partial charge in [-0.1, -0.05) is 13.8 Å². The lowest BCUT2D eigenvalue weighted by molar-refractivity contribution is 0.0842. The number of carbonyl (C=O) groups is 1. The Hall–Kier alpha value is -1.43. The van der Waals surface area contributed by atoms with Gasteiger partial charge in [0.05, 0.1) is 6.61 Å². The van der Waals surface area contributed by atoms with Crippen LogP contribution in [-0.4, -0.2) is 39.3 Å². The molecule has 6 nitrogen and oxygen atoms in total. The summed E-state index contributed by atoms with van der Waals surface area (Å²) in [4.78, 5) is 15.3. The van der Waals surface area contributed by atoms with Gasteiger partial charge >= 0.3 is 0 Å². The molecule has 6 heteroatoms. The smallest absolute Gasteiger partial charge is 0.288 e.